The molecule has 0 fully saturated rings. The van der Waals surface area contributed by atoms with E-state index < -0.39 is 12.0 Å². The van der Waals surface area contributed by atoms with Crippen molar-refractivity contribution < 1.29 is 23.7 Å². The number of ether oxygens (including phenoxy) is 4. The molecule has 0 aliphatic carbocycles. The molecular formula is C37H30N2O6S. The Bertz CT molecular complexity index is 2210. The van der Waals surface area contributed by atoms with Gasteiger partial charge >= 0.3 is 5.97 Å². The van der Waals surface area contributed by atoms with Gasteiger partial charge in [0.1, 0.15) is 29.9 Å². The van der Waals surface area contributed by atoms with Crippen LogP contribution in [0.2, 0.25) is 0 Å². The van der Waals surface area contributed by atoms with Gasteiger partial charge < -0.3 is 18.9 Å². The summed E-state index contributed by atoms with van der Waals surface area (Å²) in [5.41, 5.74) is 2.29. The summed E-state index contributed by atoms with van der Waals surface area (Å²) in [6.07, 6.45) is 7.31. The topological polar surface area (TPSA) is 88.3 Å². The second-order valence-corrected chi connectivity index (χ2v) is 11.2. The van der Waals surface area contributed by atoms with E-state index in [2.05, 4.69) is 5.92 Å². The molecule has 0 bridgehead atoms. The zero-order chi connectivity index (χ0) is 32.2. The van der Waals surface area contributed by atoms with Crippen LogP contribution < -0.4 is 29.1 Å². The van der Waals surface area contributed by atoms with Crippen LogP contribution in [0.15, 0.2) is 100 Å². The van der Waals surface area contributed by atoms with Crippen LogP contribution in [0.25, 0.3) is 22.5 Å². The first-order valence-corrected chi connectivity index (χ1v) is 15.4. The molecule has 0 N–H and O–H groups in total. The van der Waals surface area contributed by atoms with Crippen molar-refractivity contribution in [1.29, 1.82) is 0 Å². The summed E-state index contributed by atoms with van der Waals surface area (Å²) >= 11 is 1.22. The number of benzene rings is 4. The fourth-order valence-corrected chi connectivity index (χ4v) is 6.56. The Kier molecular flexibility index (Phi) is 8.72. The van der Waals surface area contributed by atoms with Crippen molar-refractivity contribution in [3.05, 3.63) is 127 Å². The lowest BCUT2D eigenvalue weighted by Crippen LogP contribution is -2.40. The Hall–Kier alpha value is -5.59. The second-order valence-electron chi connectivity index (χ2n) is 10.2. The van der Waals surface area contributed by atoms with E-state index in [1.807, 2.05) is 66.7 Å². The third kappa shape index (κ3) is 5.55. The molecule has 0 spiro atoms. The van der Waals surface area contributed by atoms with E-state index in [9.17, 15) is 9.59 Å². The molecule has 230 valence electrons. The minimum absolute atomic E-state index is 0.0705. The lowest BCUT2D eigenvalue weighted by molar-refractivity contribution is -0.138. The Morgan fingerprint density at radius 3 is 2.52 bits per heavy atom. The van der Waals surface area contributed by atoms with Crippen LogP contribution in [0, 0.1) is 12.3 Å². The summed E-state index contributed by atoms with van der Waals surface area (Å²) < 4.78 is 24.7. The summed E-state index contributed by atoms with van der Waals surface area (Å²) in [7, 11) is 3.09. The third-order valence-corrected chi connectivity index (χ3v) is 8.61. The molecule has 1 aliphatic heterocycles. The average molecular weight is 631 g/mol. The molecular weight excluding hydrogens is 600 g/mol. The zero-order valence-electron chi connectivity index (χ0n) is 25.5. The average Bonchev–Trinajstić information content (AvgIpc) is 3.41. The van der Waals surface area contributed by atoms with Crippen molar-refractivity contribution in [1.82, 2.24) is 4.57 Å². The van der Waals surface area contributed by atoms with E-state index in [1.165, 1.54) is 23.0 Å². The number of hydrogen-bond acceptors (Lipinski definition) is 8. The highest BCUT2D eigenvalue weighted by atomic mass is 32.1. The lowest BCUT2D eigenvalue weighted by atomic mass is 9.92. The standard InChI is InChI=1S/C37H30N2O6S/c1-5-20-45-29-19-16-23-12-10-11-15-26(23)28(29)22-31-35(40)39-34(27-18-17-25(42-3)21-30(27)43-4)32(36(41)44-6-2)33(38-37(39)46-31)24-13-8-7-9-14-24/h1,7-19,21-22,34H,6,20H2,2-4H3/b31-22-/t34-/m1/s1. The predicted octanol–water partition coefficient (Wildman–Crippen LogP) is 5.12. The Morgan fingerprint density at radius 1 is 1.00 bits per heavy atom. The summed E-state index contributed by atoms with van der Waals surface area (Å²) in [4.78, 5) is 33.7. The summed E-state index contributed by atoms with van der Waals surface area (Å²) in [5, 5.41) is 1.87. The van der Waals surface area contributed by atoms with Crippen LogP contribution in [0.1, 0.15) is 29.7 Å². The van der Waals surface area contributed by atoms with Gasteiger partial charge in [0.05, 0.1) is 36.6 Å². The van der Waals surface area contributed by atoms with Crippen LogP contribution >= 0.6 is 11.3 Å². The molecule has 5 aromatic rings. The summed E-state index contributed by atoms with van der Waals surface area (Å²) in [5.74, 6) is 3.48. The molecule has 9 heteroatoms. The molecule has 1 aromatic heterocycles. The van der Waals surface area contributed by atoms with Crippen LogP contribution in [-0.4, -0.2) is 38.0 Å². The van der Waals surface area contributed by atoms with E-state index in [-0.39, 0.29) is 24.3 Å². The smallest absolute Gasteiger partial charge is 0.338 e. The van der Waals surface area contributed by atoms with Crippen molar-refractivity contribution in [2.75, 3.05) is 27.4 Å². The first-order chi connectivity index (χ1) is 22.5. The molecule has 0 unspecified atom stereocenters. The maximum Gasteiger partial charge on any atom is 0.338 e. The minimum Gasteiger partial charge on any atom is -0.497 e. The normalized spacial score (nSPS) is 14.3. The monoisotopic (exact) mass is 630 g/mol. The van der Waals surface area contributed by atoms with Crippen molar-refractivity contribution >= 4 is 39.9 Å². The number of carbonyl (C=O) groups excluding carboxylic acids is 1. The minimum atomic E-state index is -0.918. The van der Waals surface area contributed by atoms with Gasteiger partial charge in [-0.2, -0.15) is 0 Å². The number of nitrogens with zero attached hydrogens (tertiary/aromatic N) is 2. The van der Waals surface area contributed by atoms with Crippen LogP contribution in [0.4, 0.5) is 0 Å². The number of aromatic nitrogens is 1. The van der Waals surface area contributed by atoms with Gasteiger partial charge in [0.2, 0.25) is 0 Å². The number of carbonyl (C=O) groups is 1. The first kappa shape index (κ1) is 30.4. The fraction of sp³-hybridized carbons (Fsp3) is 0.162. The molecule has 1 atom stereocenters. The fourth-order valence-electron chi connectivity index (χ4n) is 5.58. The SMILES string of the molecule is C#CCOc1ccc2ccccc2c1/C=c1\sc2n(c1=O)[C@H](c1ccc(OC)cc1OC)C(C(=O)OCC)=C(c1ccccc1)N=2. The van der Waals surface area contributed by atoms with Crippen molar-refractivity contribution in [3.63, 3.8) is 0 Å². The lowest BCUT2D eigenvalue weighted by Gasteiger charge is -2.27. The Morgan fingerprint density at radius 2 is 1.78 bits per heavy atom. The zero-order valence-corrected chi connectivity index (χ0v) is 26.3. The van der Waals surface area contributed by atoms with Gasteiger partial charge in [-0.15, -0.1) is 6.42 Å². The van der Waals surface area contributed by atoms with Crippen LogP contribution in [0.3, 0.4) is 0 Å². The predicted molar refractivity (Wildman–Crippen MR) is 179 cm³/mol. The number of thiazole rings is 1. The summed E-state index contributed by atoms with van der Waals surface area (Å²) in [6, 6.07) is 25.4. The Labute approximate surface area is 269 Å². The number of rotatable bonds is 9. The highest BCUT2D eigenvalue weighted by Crippen LogP contribution is 2.40. The van der Waals surface area contributed by atoms with Gasteiger partial charge in [-0.05, 0) is 42.0 Å². The van der Waals surface area contributed by atoms with Crippen molar-refractivity contribution in [2.45, 2.75) is 13.0 Å². The van der Waals surface area contributed by atoms with Gasteiger partial charge in [-0.1, -0.05) is 77.9 Å². The van der Waals surface area contributed by atoms with Crippen LogP contribution in [-0.2, 0) is 9.53 Å². The van der Waals surface area contributed by atoms with E-state index in [4.69, 9.17) is 30.4 Å². The number of fused-ring (bicyclic) bond motifs is 2. The Balaban J connectivity index is 1.69. The number of hydrogen-bond donors (Lipinski definition) is 0. The second kappa shape index (κ2) is 13.2. The number of methoxy groups -OCH3 is 2. The van der Waals surface area contributed by atoms with Crippen molar-refractivity contribution in [3.8, 4) is 29.6 Å². The van der Waals surface area contributed by atoms with Crippen molar-refractivity contribution in [2.24, 2.45) is 4.99 Å². The molecule has 0 saturated heterocycles. The van der Waals surface area contributed by atoms with E-state index in [0.717, 1.165) is 10.8 Å². The summed E-state index contributed by atoms with van der Waals surface area (Å²) in [6.45, 7) is 1.95. The molecule has 46 heavy (non-hydrogen) atoms. The quantitative estimate of drug-likeness (QED) is 0.166. The third-order valence-electron chi connectivity index (χ3n) is 7.63. The highest BCUT2D eigenvalue weighted by molar-refractivity contribution is 7.07. The molecule has 0 saturated carbocycles. The molecule has 6 rings (SSSR count). The maximum absolute atomic E-state index is 14.5. The van der Waals surface area contributed by atoms with Gasteiger partial charge in [0.25, 0.3) is 5.56 Å². The number of esters is 1. The van der Waals surface area contributed by atoms with Gasteiger partial charge in [0.15, 0.2) is 4.80 Å². The highest BCUT2D eigenvalue weighted by Gasteiger charge is 2.37. The molecule has 8 nitrogen and oxygen atoms in total. The van der Waals surface area contributed by atoms with E-state index >= 15 is 0 Å². The largest absolute Gasteiger partial charge is 0.497 e. The van der Waals surface area contributed by atoms with Gasteiger partial charge in [0, 0.05) is 22.8 Å². The molecule has 2 heterocycles. The number of terminal acetylenes is 1. The van der Waals surface area contributed by atoms with E-state index in [1.54, 1.807) is 38.3 Å². The molecule has 0 amide bonds. The van der Waals surface area contributed by atoms with Gasteiger partial charge in [-0.25, -0.2) is 9.79 Å². The maximum atomic E-state index is 14.5. The molecule has 1 aliphatic rings. The first-order valence-electron chi connectivity index (χ1n) is 14.6. The van der Waals surface area contributed by atoms with Crippen LogP contribution in [0.5, 0.6) is 17.2 Å². The van der Waals surface area contributed by atoms with Gasteiger partial charge in [-0.3, -0.25) is 9.36 Å². The van der Waals surface area contributed by atoms with E-state index in [0.29, 0.717) is 49.0 Å². The molecule has 4 aromatic carbocycles. The molecule has 0 radical (unpaired) electrons.